The Labute approximate surface area is 598 Å². The molecule has 0 bridgehead atoms. The minimum absolute atomic E-state index is 0.530. The Morgan fingerprint density at radius 1 is 0.354 bits per heavy atom. The molecule has 10 aromatic carbocycles. The molecular formula is C66H58I10O2P2Te2. The van der Waals surface area contributed by atoms with Crippen molar-refractivity contribution in [3.8, 4) is 0 Å². The van der Waals surface area contributed by atoms with Crippen molar-refractivity contribution in [3.63, 3.8) is 0 Å². The van der Waals surface area contributed by atoms with Gasteiger partial charge in [0.1, 0.15) is 0 Å². The normalized spacial score (nSPS) is 18.1. The van der Waals surface area contributed by atoms with Gasteiger partial charge in [0.05, 0.1) is 0 Å². The van der Waals surface area contributed by atoms with Crippen LogP contribution in [0.25, 0.3) is 21.5 Å². The summed E-state index contributed by atoms with van der Waals surface area (Å²) in [6.45, 7) is 13.6. The predicted molar refractivity (Wildman–Crippen MR) is 426 cm³/mol. The molecule has 0 aromatic heterocycles. The zero-order valence-corrected chi connectivity index (χ0v) is 73.6. The van der Waals surface area contributed by atoms with E-state index >= 15 is 0 Å². The van der Waals surface area contributed by atoms with Gasteiger partial charge in [-0.15, -0.1) is 0 Å². The summed E-state index contributed by atoms with van der Waals surface area (Å²) in [4.78, 5) is 0. The van der Waals surface area contributed by atoms with Gasteiger partial charge < -0.3 is 0 Å². The minimum atomic E-state index is -3.43. The van der Waals surface area contributed by atoms with E-state index in [4.69, 9.17) is 5.78 Å². The first-order chi connectivity index (χ1) is 39.7. The molecular weight excluding hydrogens is 2410 g/mol. The zero-order valence-electron chi connectivity index (χ0n) is 45.6. The van der Waals surface area contributed by atoms with Crippen molar-refractivity contribution in [1.29, 1.82) is 0 Å². The molecule has 2 nitrogen and oxygen atoms in total. The van der Waals surface area contributed by atoms with Crippen LogP contribution in [0.1, 0.15) is 55.6 Å². The van der Waals surface area contributed by atoms with Gasteiger partial charge in [-0.1, -0.05) is 0 Å². The molecule has 0 unspecified atom stereocenters. The van der Waals surface area contributed by atoms with Crippen LogP contribution in [0.2, 0.25) is 0 Å². The first-order valence-electron chi connectivity index (χ1n) is 26.4. The van der Waals surface area contributed by atoms with Gasteiger partial charge in [-0.25, -0.2) is 0 Å². The molecule has 82 heavy (non-hydrogen) atoms. The van der Waals surface area contributed by atoms with Crippen molar-refractivity contribution in [3.05, 3.63) is 250 Å². The fourth-order valence-corrected chi connectivity index (χ4v) is 67.6. The van der Waals surface area contributed by atoms with Crippen LogP contribution in [-0.2, 0) is 31.5 Å². The number of benzene rings is 10. The van der Waals surface area contributed by atoms with Crippen LogP contribution in [0.5, 0.6) is 0 Å². The summed E-state index contributed by atoms with van der Waals surface area (Å²) >= 11 is 13.7. The van der Waals surface area contributed by atoms with Gasteiger partial charge in [-0.2, -0.15) is 0 Å². The van der Waals surface area contributed by atoms with E-state index in [2.05, 4.69) is 385 Å². The molecule has 2 heterocycles. The molecule has 0 N–H and O–H groups in total. The van der Waals surface area contributed by atoms with Crippen LogP contribution in [0.4, 0.5) is 0 Å². The molecule has 0 saturated heterocycles. The Hall–Kier alpha value is 2.38. The summed E-state index contributed by atoms with van der Waals surface area (Å²) in [5.41, 5.74) is 14.2. The third-order valence-corrected chi connectivity index (χ3v) is 60.8. The van der Waals surface area contributed by atoms with Crippen molar-refractivity contribution >= 4 is 261 Å². The fraction of sp³-hybridized carbons (Fsp3) is 0.152. The number of halogens is 10. The van der Waals surface area contributed by atoms with Crippen molar-refractivity contribution < 1.29 is 32.3 Å². The second-order valence-electron chi connectivity index (χ2n) is 20.7. The van der Waals surface area contributed by atoms with Gasteiger partial charge in [0.15, 0.2) is 0 Å². The summed E-state index contributed by atoms with van der Waals surface area (Å²) < 4.78 is 22.0. The topological polar surface area (TPSA) is 18.5 Å². The Kier molecular flexibility index (Phi) is 24.2. The van der Waals surface area contributed by atoms with Gasteiger partial charge in [-0.05, 0) is 0 Å². The summed E-state index contributed by atoms with van der Waals surface area (Å²) in [5.74, 6) is 0. The quantitative estimate of drug-likeness (QED) is 0.0938. The third-order valence-electron chi connectivity index (χ3n) is 15.8. The van der Waals surface area contributed by atoms with Crippen molar-refractivity contribution in [2.24, 2.45) is 0 Å². The molecule has 0 spiro atoms. The fourth-order valence-electron chi connectivity index (χ4n) is 13.0. The number of hydrogen-bond donors (Lipinski definition) is 0. The summed E-state index contributed by atoms with van der Waals surface area (Å²) in [6, 6.07) is 73.3. The van der Waals surface area contributed by atoms with Gasteiger partial charge in [-0.3, -0.25) is 0 Å². The predicted octanol–water partition coefficient (Wildman–Crippen LogP) is 11.5. The number of aryl methyl sites for hydroxylation is 10. The van der Waals surface area contributed by atoms with E-state index in [-0.39, 0.29) is 0 Å². The molecule has 0 fully saturated rings. The molecule has 2 aliphatic carbocycles. The molecule has 14 rings (SSSR count). The summed E-state index contributed by atoms with van der Waals surface area (Å²) in [7, 11) is -4.75. The first kappa shape index (κ1) is 67.3. The number of hydrogen-bond acceptors (Lipinski definition) is 2. The summed E-state index contributed by atoms with van der Waals surface area (Å²) in [5, 5.41) is 14.1. The van der Waals surface area contributed by atoms with E-state index in [0.29, 0.717) is 26.5 Å². The zero-order chi connectivity index (χ0) is 58.1. The Balaban J connectivity index is 0.000000163. The molecule has 4 aliphatic rings. The van der Waals surface area contributed by atoms with E-state index in [9.17, 15) is 0 Å². The van der Waals surface area contributed by atoms with Crippen LogP contribution < -0.4 is 72.8 Å². The molecule has 0 radical (unpaired) electrons. The van der Waals surface area contributed by atoms with Gasteiger partial charge >= 0.3 is 573 Å². The summed E-state index contributed by atoms with van der Waals surface area (Å²) in [6.07, 6.45) is 4.57. The maximum absolute atomic E-state index is 8.03. The SMILES string of the molecule is Cc1cc(C)c([Te@@]2(I)O[P+](c3ccccc3)(c3ccccc3)c3ccc4c5c(ccc2c35)CC4)c(C)c1.Cc1cc(C)c([Te@]2(I)O[P+](c3ccccc3)(c3ccccc3)c3ccc4c5c(ccc2c35)CC4)c(C)c1.II.I[I-]I.I[I-]I. The van der Waals surface area contributed by atoms with Gasteiger partial charge in [0.2, 0.25) is 0 Å². The van der Waals surface area contributed by atoms with E-state index in [1.807, 2.05) is 0 Å². The standard InChI is InChI=1S/2C33H29IOPTe.2I3.I2/c2*1-22-20-23(2)33(24(3)21-22)37(34)30-19-17-26-15-14-25-16-18-29(32(30)31(25)26)36(35-37,27-10-6-4-7-11-27)28-12-8-5-9-13-28;2*1-3-2;1-2/h2*4-13,16-21H,14-15H2,1-3H3;;;/q2*+1;2*-1;. The van der Waals surface area contributed by atoms with Crippen molar-refractivity contribution in [1.82, 2.24) is 0 Å². The van der Waals surface area contributed by atoms with E-state index in [0.717, 1.165) is 25.7 Å². The third kappa shape index (κ3) is 12.6. The molecule has 0 saturated carbocycles. The Morgan fingerprint density at radius 2 is 0.598 bits per heavy atom. The molecule has 10 aromatic rings. The van der Waals surface area contributed by atoms with Crippen LogP contribution in [0.3, 0.4) is 0 Å². The molecule has 0 amide bonds. The maximum atomic E-state index is 8.03. The first-order valence-corrected chi connectivity index (χ1v) is 81.4. The van der Waals surface area contributed by atoms with Gasteiger partial charge in [0, 0.05) is 37.2 Å². The average molecular weight is 2470 g/mol. The van der Waals surface area contributed by atoms with Crippen LogP contribution in [0.15, 0.2) is 194 Å². The second kappa shape index (κ2) is 29.5. The Bertz CT molecular complexity index is 3570. The molecule has 2 atom stereocenters. The van der Waals surface area contributed by atoms with Crippen LogP contribution >= 0.6 is 164 Å². The van der Waals surface area contributed by atoms with E-state index in [1.165, 1.54) is 123 Å². The van der Waals surface area contributed by atoms with Crippen LogP contribution in [0, 0.1) is 41.5 Å². The van der Waals surface area contributed by atoms with Crippen molar-refractivity contribution in [2.75, 3.05) is 0 Å². The molecule has 426 valence electrons. The van der Waals surface area contributed by atoms with Crippen LogP contribution in [-0.4, -0.2) is 29.3 Å². The van der Waals surface area contributed by atoms with E-state index in [1.54, 1.807) is 0 Å². The number of rotatable bonds is 6. The second-order valence-corrected chi connectivity index (χ2v) is 88.5. The van der Waals surface area contributed by atoms with Crippen molar-refractivity contribution in [2.45, 2.75) is 67.2 Å². The molecule has 16 heteroatoms. The molecule has 2 aliphatic heterocycles. The average Bonchev–Trinajstić information content (AvgIpc) is 1.49. The Morgan fingerprint density at radius 3 is 0.854 bits per heavy atom. The van der Waals surface area contributed by atoms with Gasteiger partial charge in [0.25, 0.3) is 0 Å². The van der Waals surface area contributed by atoms with E-state index < -0.39 is 44.3 Å². The monoisotopic (exact) mass is 2470 g/mol.